The second-order valence-corrected chi connectivity index (χ2v) is 7.93. The molecule has 0 aliphatic rings. The van der Waals surface area contributed by atoms with Gasteiger partial charge in [0.05, 0.1) is 6.54 Å². The third-order valence-electron chi connectivity index (χ3n) is 3.59. The number of anilines is 1. The van der Waals surface area contributed by atoms with E-state index in [1.165, 1.54) is 4.57 Å². The van der Waals surface area contributed by atoms with Crippen molar-refractivity contribution in [1.82, 2.24) is 19.5 Å². The van der Waals surface area contributed by atoms with Crippen molar-refractivity contribution in [2.45, 2.75) is 18.6 Å². The lowest BCUT2D eigenvalue weighted by molar-refractivity contribution is 0.667. The Labute approximate surface area is 142 Å². The number of aromatic nitrogens is 4. The van der Waals surface area contributed by atoms with E-state index in [9.17, 15) is 9.00 Å². The summed E-state index contributed by atoms with van der Waals surface area (Å²) >= 11 is 5.86. The molecule has 0 aliphatic heterocycles. The van der Waals surface area contributed by atoms with Gasteiger partial charge in [-0.1, -0.05) is 30.7 Å². The van der Waals surface area contributed by atoms with Gasteiger partial charge in [0, 0.05) is 10.8 Å². The summed E-state index contributed by atoms with van der Waals surface area (Å²) in [6, 6.07) is 7.02. The van der Waals surface area contributed by atoms with Gasteiger partial charge in [-0.25, -0.2) is 18.8 Å². The first kappa shape index (κ1) is 16.5. The zero-order chi connectivity index (χ0) is 17.5. The molecule has 0 spiro atoms. The van der Waals surface area contributed by atoms with Crippen molar-refractivity contribution in [3.8, 4) is 0 Å². The minimum Gasteiger partial charge on any atom is -0.382 e. The van der Waals surface area contributed by atoms with Crippen LogP contribution in [0.3, 0.4) is 0 Å². The first-order valence-corrected chi connectivity index (χ1v) is 9.19. The Morgan fingerprint density at radius 2 is 2.00 bits per heavy atom. The molecule has 2 heterocycles. The molecular weight excluding hydrogens is 352 g/mol. The van der Waals surface area contributed by atoms with Crippen molar-refractivity contribution >= 4 is 38.3 Å². The minimum atomic E-state index is -3.15. The Hall–Kier alpha value is -2.39. The first-order valence-electron chi connectivity index (χ1n) is 7.09. The van der Waals surface area contributed by atoms with Gasteiger partial charge in [0.2, 0.25) is 5.16 Å². The lowest BCUT2D eigenvalue weighted by Crippen LogP contribution is -2.18. The van der Waals surface area contributed by atoms with Crippen LogP contribution in [0, 0.1) is 4.78 Å². The highest BCUT2D eigenvalue weighted by Gasteiger charge is 2.18. The van der Waals surface area contributed by atoms with Crippen molar-refractivity contribution in [3.63, 3.8) is 0 Å². The molecule has 0 saturated carbocycles. The Morgan fingerprint density at radius 3 is 2.62 bits per heavy atom. The molecular formula is C14H15ClN6O2S. The number of rotatable bonds is 4. The average Bonchev–Trinajstić information content (AvgIpc) is 2.86. The predicted octanol–water partition coefficient (Wildman–Crippen LogP) is 1.83. The van der Waals surface area contributed by atoms with E-state index in [0.717, 1.165) is 5.56 Å². The molecule has 1 aromatic carbocycles. The van der Waals surface area contributed by atoms with Gasteiger partial charge in [0.15, 0.2) is 11.5 Å². The first-order chi connectivity index (χ1) is 11.3. The van der Waals surface area contributed by atoms with E-state index in [4.69, 9.17) is 22.1 Å². The number of nitrogens with one attached hydrogen (secondary N) is 2. The Balaban J connectivity index is 2.19. The summed E-state index contributed by atoms with van der Waals surface area (Å²) in [5.41, 5.74) is 6.76. The number of imidazole rings is 1. The van der Waals surface area contributed by atoms with Gasteiger partial charge < -0.3 is 10.7 Å². The normalized spacial score (nSPS) is 13.9. The molecule has 3 aromatic rings. The highest BCUT2D eigenvalue weighted by molar-refractivity contribution is 7.92. The lowest BCUT2D eigenvalue weighted by Gasteiger charge is -2.07. The van der Waals surface area contributed by atoms with Crippen LogP contribution in [-0.4, -0.2) is 29.5 Å². The van der Waals surface area contributed by atoms with Crippen molar-refractivity contribution in [3.05, 3.63) is 45.3 Å². The third kappa shape index (κ3) is 2.87. The predicted molar refractivity (Wildman–Crippen MR) is 92.8 cm³/mol. The number of nitrogens with two attached hydrogens (primary N) is 1. The van der Waals surface area contributed by atoms with E-state index >= 15 is 0 Å². The van der Waals surface area contributed by atoms with Crippen LogP contribution in [0.5, 0.6) is 0 Å². The maximum atomic E-state index is 12.2. The van der Waals surface area contributed by atoms with Gasteiger partial charge in [-0.3, -0.25) is 4.57 Å². The maximum Gasteiger partial charge on any atom is 0.328 e. The number of hydrogen-bond acceptors (Lipinski definition) is 6. The average molecular weight is 367 g/mol. The van der Waals surface area contributed by atoms with Crippen LogP contribution in [0.2, 0.25) is 5.02 Å². The van der Waals surface area contributed by atoms with Crippen molar-refractivity contribution < 1.29 is 4.21 Å². The molecule has 1 atom stereocenters. The highest BCUT2D eigenvalue weighted by Crippen LogP contribution is 2.19. The van der Waals surface area contributed by atoms with E-state index < -0.39 is 15.4 Å². The summed E-state index contributed by atoms with van der Waals surface area (Å²) in [6.07, 6.45) is 0. The number of nitrogens with zero attached hydrogens (tertiary/aromatic N) is 3. The summed E-state index contributed by atoms with van der Waals surface area (Å²) in [5, 5.41) is 0.426. The number of aromatic amines is 1. The molecule has 8 nitrogen and oxygen atoms in total. The second-order valence-electron chi connectivity index (χ2n) is 5.20. The summed E-state index contributed by atoms with van der Waals surface area (Å²) in [4.78, 5) is 22.9. The number of benzene rings is 1. The van der Waals surface area contributed by atoms with Gasteiger partial charge in [0.1, 0.15) is 15.2 Å². The van der Waals surface area contributed by atoms with E-state index in [1.54, 1.807) is 31.2 Å². The van der Waals surface area contributed by atoms with E-state index in [0.29, 0.717) is 5.02 Å². The molecule has 3 rings (SSSR count). The SMILES string of the molecule is CC[S@@](=N)(=O)c1nc(N)c2[nH]c(=O)n(Cc3ccc(Cl)cc3)c2n1. The fourth-order valence-corrected chi connectivity index (χ4v) is 3.09. The zero-order valence-electron chi connectivity index (χ0n) is 12.7. The number of hydrogen-bond donors (Lipinski definition) is 3. The fraction of sp³-hybridized carbons (Fsp3) is 0.214. The van der Waals surface area contributed by atoms with Crippen molar-refractivity contribution in [2.24, 2.45) is 0 Å². The third-order valence-corrected chi connectivity index (χ3v) is 5.42. The van der Waals surface area contributed by atoms with Crippen LogP contribution in [0.25, 0.3) is 11.2 Å². The molecule has 126 valence electrons. The topological polar surface area (TPSA) is 131 Å². The molecule has 4 N–H and O–H groups in total. The minimum absolute atomic E-state index is 0.00428. The summed E-state index contributed by atoms with van der Waals surface area (Å²) < 4.78 is 21.5. The number of fused-ring (bicyclic) bond motifs is 1. The van der Waals surface area contributed by atoms with Crippen LogP contribution < -0.4 is 11.4 Å². The maximum absolute atomic E-state index is 12.2. The van der Waals surface area contributed by atoms with Crippen LogP contribution in [0.15, 0.2) is 34.2 Å². The van der Waals surface area contributed by atoms with Gasteiger partial charge in [0.25, 0.3) is 0 Å². The van der Waals surface area contributed by atoms with Crippen molar-refractivity contribution in [2.75, 3.05) is 11.5 Å². The van der Waals surface area contributed by atoms with E-state index in [1.807, 2.05) is 0 Å². The smallest absolute Gasteiger partial charge is 0.328 e. The highest BCUT2D eigenvalue weighted by atomic mass is 35.5. The second kappa shape index (κ2) is 5.91. The lowest BCUT2D eigenvalue weighted by atomic mass is 10.2. The van der Waals surface area contributed by atoms with Crippen molar-refractivity contribution in [1.29, 1.82) is 4.78 Å². The molecule has 0 bridgehead atoms. The van der Waals surface area contributed by atoms with Crippen LogP contribution in [0.1, 0.15) is 12.5 Å². The monoisotopic (exact) mass is 366 g/mol. The van der Waals surface area contributed by atoms with Gasteiger partial charge in [-0.2, -0.15) is 4.98 Å². The molecule has 0 unspecified atom stereocenters. The number of halogens is 1. The molecule has 0 radical (unpaired) electrons. The van der Waals surface area contributed by atoms with Crippen LogP contribution in [0.4, 0.5) is 5.82 Å². The van der Waals surface area contributed by atoms with E-state index in [-0.39, 0.29) is 34.4 Å². The summed E-state index contributed by atoms with van der Waals surface area (Å²) in [7, 11) is -3.15. The quantitative estimate of drug-likeness (QED) is 0.606. The van der Waals surface area contributed by atoms with Gasteiger partial charge in [-0.15, -0.1) is 0 Å². The van der Waals surface area contributed by atoms with Crippen LogP contribution >= 0.6 is 11.6 Å². The molecule has 0 fully saturated rings. The molecule has 2 aromatic heterocycles. The standard InChI is InChI=1S/C14H15ClN6O2S/c1-2-24(17,23)13-19-11(16)10-12(20-13)21(14(22)18-10)7-8-3-5-9(15)6-4-8/h3-6,17H,2,7H2,1H3,(H,18,22)(H2,16,19,20)/t24-/m1/s1. The molecule has 0 aliphatic carbocycles. The summed E-state index contributed by atoms with van der Waals surface area (Å²) in [6.45, 7) is 1.84. The molecule has 10 heteroatoms. The molecule has 0 saturated heterocycles. The molecule has 24 heavy (non-hydrogen) atoms. The Kier molecular flexibility index (Phi) is 4.06. The van der Waals surface area contributed by atoms with Gasteiger partial charge >= 0.3 is 5.69 Å². The van der Waals surface area contributed by atoms with Crippen LogP contribution in [-0.2, 0) is 16.3 Å². The Morgan fingerprint density at radius 1 is 1.33 bits per heavy atom. The summed E-state index contributed by atoms with van der Waals surface area (Å²) in [5.74, 6) is 0.0550. The molecule has 0 amide bonds. The largest absolute Gasteiger partial charge is 0.382 e. The number of H-pyrrole nitrogens is 1. The zero-order valence-corrected chi connectivity index (χ0v) is 14.3. The Bertz CT molecular complexity index is 1070. The van der Waals surface area contributed by atoms with E-state index in [2.05, 4.69) is 15.0 Å². The van der Waals surface area contributed by atoms with Gasteiger partial charge in [-0.05, 0) is 17.7 Å². The fourth-order valence-electron chi connectivity index (χ4n) is 2.23. The number of nitrogen functional groups attached to an aromatic ring is 1.